The van der Waals surface area contributed by atoms with E-state index in [4.69, 9.17) is 4.74 Å². The summed E-state index contributed by atoms with van der Waals surface area (Å²) in [5.41, 5.74) is 1.11. The monoisotopic (exact) mass is 336 g/mol. The van der Waals surface area contributed by atoms with Crippen molar-refractivity contribution in [2.45, 2.75) is 57.2 Å². The third kappa shape index (κ3) is 3.30. The van der Waals surface area contributed by atoms with Crippen LogP contribution in [0.25, 0.3) is 0 Å². The van der Waals surface area contributed by atoms with Crippen LogP contribution >= 0.6 is 0 Å². The van der Waals surface area contributed by atoms with Crippen molar-refractivity contribution in [2.75, 3.05) is 12.4 Å². The Labute approximate surface area is 138 Å². The second-order valence-electron chi connectivity index (χ2n) is 7.37. The molecule has 1 aromatic heterocycles. The molecule has 1 unspecified atom stereocenters. The zero-order valence-corrected chi connectivity index (χ0v) is 14.2. The molecule has 2 saturated carbocycles. The highest BCUT2D eigenvalue weighted by molar-refractivity contribution is 7.89. The molecular weight excluding hydrogens is 312 g/mol. The summed E-state index contributed by atoms with van der Waals surface area (Å²) in [6, 6.07) is 5.80. The van der Waals surface area contributed by atoms with E-state index >= 15 is 0 Å². The lowest BCUT2D eigenvalue weighted by Crippen LogP contribution is -2.38. The fourth-order valence-corrected chi connectivity index (χ4v) is 5.70. The van der Waals surface area contributed by atoms with Gasteiger partial charge in [-0.25, -0.2) is 8.42 Å². The maximum absolute atomic E-state index is 12.9. The number of hydrogen-bond donors (Lipinski definition) is 0. The zero-order valence-electron chi connectivity index (χ0n) is 13.4. The van der Waals surface area contributed by atoms with E-state index in [0.717, 1.165) is 31.6 Å². The molecule has 2 heterocycles. The van der Waals surface area contributed by atoms with Crippen LogP contribution in [-0.4, -0.2) is 42.2 Å². The molecule has 4 rings (SSSR count). The Morgan fingerprint density at radius 1 is 1.30 bits per heavy atom. The molecule has 1 atom stereocenters. The fraction of sp³-hybridized carbons (Fsp3) is 0.706. The highest BCUT2D eigenvalue weighted by Gasteiger charge is 2.47. The Hall–Kier alpha value is -0.980. The van der Waals surface area contributed by atoms with Crippen LogP contribution in [0.5, 0.6) is 0 Å². The predicted octanol–water partition coefficient (Wildman–Crippen LogP) is 2.33. The zero-order chi connectivity index (χ0) is 15.9. The lowest BCUT2D eigenvalue weighted by atomic mass is 9.68. The molecule has 0 bridgehead atoms. The van der Waals surface area contributed by atoms with E-state index in [9.17, 15) is 8.42 Å². The van der Waals surface area contributed by atoms with Crippen LogP contribution in [0.3, 0.4) is 0 Å². The van der Waals surface area contributed by atoms with E-state index in [2.05, 4.69) is 4.98 Å². The third-order valence-corrected chi connectivity index (χ3v) is 7.39. The van der Waals surface area contributed by atoms with Gasteiger partial charge >= 0.3 is 0 Å². The van der Waals surface area contributed by atoms with Crippen molar-refractivity contribution in [2.24, 2.45) is 5.41 Å². The van der Waals surface area contributed by atoms with Gasteiger partial charge in [-0.2, -0.15) is 4.31 Å². The molecule has 0 aromatic carbocycles. The molecule has 5 nitrogen and oxygen atoms in total. The average molecular weight is 336 g/mol. The summed E-state index contributed by atoms with van der Waals surface area (Å²) >= 11 is 0. The summed E-state index contributed by atoms with van der Waals surface area (Å²) in [5, 5.41) is 0. The second-order valence-corrected chi connectivity index (χ2v) is 9.33. The molecule has 2 aliphatic carbocycles. The van der Waals surface area contributed by atoms with Crippen LogP contribution in [0.2, 0.25) is 0 Å². The van der Waals surface area contributed by atoms with Gasteiger partial charge < -0.3 is 4.74 Å². The van der Waals surface area contributed by atoms with Crippen molar-refractivity contribution >= 4 is 10.0 Å². The minimum Gasteiger partial charge on any atom is -0.377 e. The first-order valence-corrected chi connectivity index (χ1v) is 10.2. The predicted molar refractivity (Wildman–Crippen MR) is 87.2 cm³/mol. The molecule has 0 N–H and O–H groups in total. The van der Waals surface area contributed by atoms with Gasteiger partial charge in [-0.1, -0.05) is 12.5 Å². The summed E-state index contributed by atoms with van der Waals surface area (Å²) in [6.45, 7) is 1.13. The Bertz CT molecular complexity index is 654. The van der Waals surface area contributed by atoms with Crippen molar-refractivity contribution in [1.82, 2.24) is 9.29 Å². The summed E-state index contributed by atoms with van der Waals surface area (Å²) < 4.78 is 33.3. The highest BCUT2D eigenvalue weighted by Crippen LogP contribution is 2.49. The Morgan fingerprint density at radius 3 is 2.70 bits per heavy atom. The standard InChI is InChI=1S/C17H24N2O3S/c20-23(21,12-16-10-17(13-22-16)7-3-8-17)19(15-5-6-15)11-14-4-1-2-9-18-14/h1-2,4,9,15-16H,3,5-8,10-13H2. The summed E-state index contributed by atoms with van der Waals surface area (Å²) in [4.78, 5) is 4.28. The smallest absolute Gasteiger partial charge is 0.217 e. The summed E-state index contributed by atoms with van der Waals surface area (Å²) in [6.07, 6.45) is 8.07. The van der Waals surface area contributed by atoms with E-state index < -0.39 is 10.0 Å². The van der Waals surface area contributed by atoms with Crippen molar-refractivity contribution in [1.29, 1.82) is 0 Å². The van der Waals surface area contributed by atoms with Crippen molar-refractivity contribution in [3.63, 3.8) is 0 Å². The quantitative estimate of drug-likeness (QED) is 0.800. The maximum atomic E-state index is 12.9. The molecule has 0 amide bonds. The average Bonchev–Trinajstić information content (AvgIpc) is 3.24. The minimum absolute atomic E-state index is 0.123. The molecule has 0 radical (unpaired) electrons. The molecule has 3 fully saturated rings. The van der Waals surface area contributed by atoms with Gasteiger partial charge in [0.1, 0.15) is 0 Å². The molecule has 23 heavy (non-hydrogen) atoms. The topological polar surface area (TPSA) is 59.5 Å². The summed E-state index contributed by atoms with van der Waals surface area (Å²) in [7, 11) is -3.31. The van der Waals surface area contributed by atoms with Gasteiger partial charge in [0.05, 0.1) is 30.7 Å². The number of rotatable bonds is 6. The molecule has 1 aromatic rings. The van der Waals surface area contributed by atoms with Crippen LogP contribution in [-0.2, 0) is 21.3 Å². The number of pyridine rings is 1. The Kier molecular flexibility index (Phi) is 3.94. The number of nitrogens with zero attached hydrogens (tertiary/aromatic N) is 2. The first-order valence-electron chi connectivity index (χ1n) is 8.57. The number of ether oxygens (including phenoxy) is 1. The molecule has 1 aliphatic heterocycles. The van der Waals surface area contributed by atoms with Gasteiger partial charge in [0, 0.05) is 12.2 Å². The Balaban J connectivity index is 1.44. The lowest BCUT2D eigenvalue weighted by Gasteiger charge is -2.36. The normalized spacial score (nSPS) is 26.6. The number of hydrogen-bond acceptors (Lipinski definition) is 4. The molecule has 3 aliphatic rings. The van der Waals surface area contributed by atoms with Gasteiger partial charge in [0.25, 0.3) is 0 Å². The van der Waals surface area contributed by atoms with Crippen LogP contribution in [0, 0.1) is 5.41 Å². The van der Waals surface area contributed by atoms with E-state index in [1.807, 2.05) is 18.2 Å². The van der Waals surface area contributed by atoms with E-state index in [1.54, 1.807) is 10.5 Å². The largest absolute Gasteiger partial charge is 0.377 e. The van der Waals surface area contributed by atoms with Crippen LogP contribution in [0.15, 0.2) is 24.4 Å². The minimum atomic E-state index is -3.31. The molecule has 1 saturated heterocycles. The molecular formula is C17H24N2O3S. The van der Waals surface area contributed by atoms with Crippen molar-refractivity contribution in [3.8, 4) is 0 Å². The maximum Gasteiger partial charge on any atom is 0.217 e. The first kappa shape index (κ1) is 15.5. The van der Waals surface area contributed by atoms with Crippen molar-refractivity contribution in [3.05, 3.63) is 30.1 Å². The highest BCUT2D eigenvalue weighted by atomic mass is 32.2. The van der Waals surface area contributed by atoms with Crippen LogP contribution < -0.4 is 0 Å². The first-order chi connectivity index (χ1) is 11.1. The summed E-state index contributed by atoms with van der Waals surface area (Å²) in [5.74, 6) is 0.123. The van der Waals surface area contributed by atoms with E-state index in [-0.39, 0.29) is 17.9 Å². The van der Waals surface area contributed by atoms with E-state index in [1.165, 1.54) is 19.3 Å². The van der Waals surface area contributed by atoms with Crippen LogP contribution in [0.4, 0.5) is 0 Å². The van der Waals surface area contributed by atoms with Gasteiger partial charge in [-0.3, -0.25) is 4.98 Å². The molecule has 1 spiro atoms. The second kappa shape index (κ2) is 5.83. The van der Waals surface area contributed by atoms with Gasteiger partial charge in [-0.05, 0) is 49.7 Å². The number of sulfonamides is 1. The molecule has 6 heteroatoms. The lowest BCUT2D eigenvalue weighted by molar-refractivity contribution is 0.0747. The Morgan fingerprint density at radius 2 is 2.13 bits per heavy atom. The van der Waals surface area contributed by atoms with Crippen molar-refractivity contribution < 1.29 is 13.2 Å². The SMILES string of the molecule is O=S(=O)(CC1CC2(CCC2)CO1)N(Cc1ccccn1)C1CC1. The number of aromatic nitrogens is 1. The van der Waals surface area contributed by atoms with Gasteiger partial charge in [0.2, 0.25) is 10.0 Å². The van der Waals surface area contributed by atoms with Gasteiger partial charge in [-0.15, -0.1) is 0 Å². The van der Waals surface area contributed by atoms with Gasteiger partial charge in [0.15, 0.2) is 0 Å². The molecule has 126 valence electrons. The third-order valence-electron chi connectivity index (χ3n) is 5.45. The fourth-order valence-electron chi connectivity index (χ4n) is 3.83. The van der Waals surface area contributed by atoms with E-state index in [0.29, 0.717) is 12.0 Å². The van der Waals surface area contributed by atoms with Crippen LogP contribution in [0.1, 0.15) is 44.2 Å².